The van der Waals surface area contributed by atoms with Gasteiger partial charge in [0.15, 0.2) is 5.82 Å². The molecule has 25 heavy (non-hydrogen) atoms. The number of likely N-dealkylation sites (N-methyl/N-ethyl adjacent to an activating group) is 1. The van der Waals surface area contributed by atoms with Crippen molar-refractivity contribution in [3.63, 3.8) is 0 Å². The molecule has 3 aromatic rings. The van der Waals surface area contributed by atoms with Crippen molar-refractivity contribution in [3.8, 4) is 11.5 Å². The average molecular weight is 335 g/mol. The molecule has 0 fully saturated rings. The van der Waals surface area contributed by atoms with Gasteiger partial charge in [0.25, 0.3) is 0 Å². The second-order valence-corrected chi connectivity index (χ2v) is 5.77. The summed E-state index contributed by atoms with van der Waals surface area (Å²) in [7, 11) is 3.75. The fourth-order valence-electron chi connectivity index (χ4n) is 2.63. The molecule has 1 atom stereocenters. The van der Waals surface area contributed by atoms with E-state index in [2.05, 4.69) is 24.8 Å². The molecule has 0 saturated carbocycles. The highest BCUT2D eigenvalue weighted by atomic mass is 16.5. The van der Waals surface area contributed by atoms with E-state index in [4.69, 9.17) is 4.74 Å². The number of nitrogens with zero attached hydrogens (tertiary/aromatic N) is 5. The van der Waals surface area contributed by atoms with Crippen LogP contribution in [0.1, 0.15) is 17.3 Å². The lowest BCUT2D eigenvalue weighted by atomic mass is 10.1. The van der Waals surface area contributed by atoms with Gasteiger partial charge in [-0.1, -0.05) is 12.1 Å². The van der Waals surface area contributed by atoms with Gasteiger partial charge in [0, 0.05) is 44.0 Å². The Morgan fingerprint density at radius 1 is 0.960 bits per heavy atom. The smallest absolute Gasteiger partial charge is 0.178 e. The molecule has 0 amide bonds. The first-order chi connectivity index (χ1) is 12.3. The molecule has 0 bridgehead atoms. The highest BCUT2D eigenvalue weighted by Crippen LogP contribution is 2.20. The molecule has 0 N–H and O–H groups in total. The number of rotatable bonds is 7. The molecule has 3 heterocycles. The fraction of sp³-hybridized carbons (Fsp3) is 0.263. The minimum atomic E-state index is 0.0710. The molecule has 0 aliphatic rings. The van der Waals surface area contributed by atoms with Crippen molar-refractivity contribution >= 4 is 0 Å². The lowest BCUT2D eigenvalue weighted by molar-refractivity contribution is 0.0999. The summed E-state index contributed by atoms with van der Waals surface area (Å²) in [5, 5.41) is 0. The summed E-state index contributed by atoms with van der Waals surface area (Å²) in [6, 6.07) is 11.7. The predicted molar refractivity (Wildman–Crippen MR) is 95.6 cm³/mol. The van der Waals surface area contributed by atoms with E-state index in [1.165, 1.54) is 0 Å². The summed E-state index contributed by atoms with van der Waals surface area (Å²) in [6.07, 6.45) is 7.23. The van der Waals surface area contributed by atoms with Gasteiger partial charge in [-0.2, -0.15) is 0 Å². The maximum atomic E-state index is 5.37. The first kappa shape index (κ1) is 17.1. The molecule has 6 nitrogen and oxygen atoms in total. The van der Waals surface area contributed by atoms with Crippen LogP contribution in [0.5, 0.6) is 0 Å². The SMILES string of the molecule is COCC(c1ccccn1)N(C)Cc1cnc(-c2ccccn2)nc1. The number of methoxy groups -OCH3 is 1. The summed E-state index contributed by atoms with van der Waals surface area (Å²) < 4.78 is 5.37. The maximum absolute atomic E-state index is 5.37. The Hall–Kier alpha value is -2.70. The number of ether oxygens (including phenoxy) is 1. The molecule has 1 unspecified atom stereocenters. The number of pyridine rings is 2. The molecule has 3 aromatic heterocycles. The highest BCUT2D eigenvalue weighted by Gasteiger charge is 2.18. The van der Waals surface area contributed by atoms with Gasteiger partial charge < -0.3 is 4.74 Å². The van der Waals surface area contributed by atoms with Gasteiger partial charge in [-0.3, -0.25) is 14.9 Å². The average Bonchev–Trinajstić information content (AvgIpc) is 2.68. The van der Waals surface area contributed by atoms with Gasteiger partial charge >= 0.3 is 0 Å². The van der Waals surface area contributed by atoms with Crippen LogP contribution in [0.15, 0.2) is 61.2 Å². The first-order valence-corrected chi connectivity index (χ1v) is 8.10. The van der Waals surface area contributed by atoms with E-state index < -0.39 is 0 Å². The van der Waals surface area contributed by atoms with E-state index in [0.717, 1.165) is 17.0 Å². The summed E-state index contributed by atoms with van der Waals surface area (Å²) in [5.74, 6) is 0.630. The van der Waals surface area contributed by atoms with Crippen molar-refractivity contribution < 1.29 is 4.74 Å². The summed E-state index contributed by atoms with van der Waals surface area (Å²) in [4.78, 5) is 19.8. The molecule has 0 aliphatic carbocycles. The van der Waals surface area contributed by atoms with Crippen molar-refractivity contribution in [1.82, 2.24) is 24.8 Å². The van der Waals surface area contributed by atoms with Gasteiger partial charge in [-0.25, -0.2) is 9.97 Å². The van der Waals surface area contributed by atoms with E-state index in [1.807, 2.05) is 55.8 Å². The van der Waals surface area contributed by atoms with Gasteiger partial charge in [-0.15, -0.1) is 0 Å². The Kier molecular flexibility index (Phi) is 5.77. The van der Waals surface area contributed by atoms with Crippen LogP contribution in [-0.4, -0.2) is 45.6 Å². The van der Waals surface area contributed by atoms with Crippen LogP contribution in [0.2, 0.25) is 0 Å². The topological polar surface area (TPSA) is 64.0 Å². The van der Waals surface area contributed by atoms with Crippen LogP contribution in [0.3, 0.4) is 0 Å². The van der Waals surface area contributed by atoms with Gasteiger partial charge in [-0.05, 0) is 31.3 Å². The molecular weight excluding hydrogens is 314 g/mol. The first-order valence-electron chi connectivity index (χ1n) is 8.10. The normalized spacial score (nSPS) is 12.3. The minimum absolute atomic E-state index is 0.0710. The third-order valence-corrected chi connectivity index (χ3v) is 3.92. The van der Waals surface area contributed by atoms with E-state index in [9.17, 15) is 0 Å². The largest absolute Gasteiger partial charge is 0.383 e. The highest BCUT2D eigenvalue weighted by molar-refractivity contribution is 5.47. The second kappa shape index (κ2) is 8.41. The molecule has 128 valence electrons. The summed E-state index contributed by atoms with van der Waals surface area (Å²) in [5.41, 5.74) is 2.78. The quantitative estimate of drug-likeness (QED) is 0.661. The molecular formula is C19H21N5O. The van der Waals surface area contributed by atoms with Crippen molar-refractivity contribution in [2.45, 2.75) is 12.6 Å². The molecule has 0 aliphatic heterocycles. The van der Waals surface area contributed by atoms with Crippen LogP contribution in [-0.2, 0) is 11.3 Å². The zero-order chi connectivity index (χ0) is 17.5. The van der Waals surface area contributed by atoms with Crippen molar-refractivity contribution in [1.29, 1.82) is 0 Å². The Bertz CT molecular complexity index is 765. The number of aromatic nitrogens is 4. The van der Waals surface area contributed by atoms with Crippen molar-refractivity contribution in [3.05, 3.63) is 72.4 Å². The van der Waals surface area contributed by atoms with Crippen LogP contribution in [0.4, 0.5) is 0 Å². The Morgan fingerprint density at radius 3 is 2.28 bits per heavy atom. The third-order valence-electron chi connectivity index (χ3n) is 3.92. The van der Waals surface area contributed by atoms with Gasteiger partial charge in [0.2, 0.25) is 0 Å². The maximum Gasteiger partial charge on any atom is 0.178 e. The van der Waals surface area contributed by atoms with Crippen LogP contribution < -0.4 is 0 Å². The zero-order valence-electron chi connectivity index (χ0n) is 14.4. The molecule has 0 spiro atoms. The van der Waals surface area contributed by atoms with E-state index in [-0.39, 0.29) is 6.04 Å². The van der Waals surface area contributed by atoms with Crippen molar-refractivity contribution in [2.75, 3.05) is 20.8 Å². The van der Waals surface area contributed by atoms with Gasteiger partial charge in [0.05, 0.1) is 18.3 Å². The lowest BCUT2D eigenvalue weighted by Gasteiger charge is -2.27. The summed E-state index contributed by atoms with van der Waals surface area (Å²) in [6.45, 7) is 1.27. The molecule has 0 saturated heterocycles. The van der Waals surface area contributed by atoms with E-state index >= 15 is 0 Å². The third kappa shape index (κ3) is 4.43. The predicted octanol–water partition coefficient (Wildman–Crippen LogP) is 2.75. The van der Waals surface area contributed by atoms with Gasteiger partial charge in [0.1, 0.15) is 5.69 Å². The monoisotopic (exact) mass is 335 g/mol. The summed E-state index contributed by atoms with van der Waals surface area (Å²) >= 11 is 0. The Labute approximate surface area is 147 Å². The van der Waals surface area contributed by atoms with Crippen LogP contribution in [0.25, 0.3) is 11.5 Å². The Morgan fingerprint density at radius 2 is 1.68 bits per heavy atom. The van der Waals surface area contributed by atoms with Crippen LogP contribution in [0, 0.1) is 0 Å². The second-order valence-electron chi connectivity index (χ2n) is 5.77. The van der Waals surface area contributed by atoms with E-state index in [0.29, 0.717) is 19.0 Å². The molecule has 3 rings (SSSR count). The van der Waals surface area contributed by atoms with E-state index in [1.54, 1.807) is 19.5 Å². The molecule has 0 radical (unpaired) electrons. The number of hydrogen-bond acceptors (Lipinski definition) is 6. The zero-order valence-corrected chi connectivity index (χ0v) is 14.4. The van der Waals surface area contributed by atoms with Crippen molar-refractivity contribution in [2.24, 2.45) is 0 Å². The number of hydrogen-bond donors (Lipinski definition) is 0. The molecule has 0 aromatic carbocycles. The lowest BCUT2D eigenvalue weighted by Crippen LogP contribution is -2.28. The van der Waals surface area contributed by atoms with Crippen LogP contribution >= 0.6 is 0 Å². The molecule has 6 heteroatoms. The minimum Gasteiger partial charge on any atom is -0.383 e. The Balaban J connectivity index is 1.72. The fourth-order valence-corrected chi connectivity index (χ4v) is 2.63. The standard InChI is InChI=1S/C19H21N5O/c1-24(18(14-25-2)16-7-3-5-9-20-16)13-15-11-22-19(23-12-15)17-8-4-6-10-21-17/h3-12,18H,13-14H2,1-2H3.